The van der Waals surface area contributed by atoms with Gasteiger partial charge in [-0.05, 0) is 28.4 Å². The minimum absolute atomic E-state index is 0.105. The number of benzene rings is 1. The first-order valence-corrected chi connectivity index (χ1v) is 6.05. The molecule has 0 aromatic heterocycles. The van der Waals surface area contributed by atoms with Crippen molar-refractivity contribution in [1.29, 1.82) is 0 Å². The van der Waals surface area contributed by atoms with Gasteiger partial charge in [0.15, 0.2) is 0 Å². The number of carbonyl (C=O) groups is 1. The van der Waals surface area contributed by atoms with Gasteiger partial charge in [-0.2, -0.15) is 0 Å². The Hall–Kier alpha value is -1.43. The van der Waals surface area contributed by atoms with E-state index in [1.165, 1.54) is 6.08 Å². The molecule has 0 bridgehead atoms. The molecule has 0 aliphatic rings. The van der Waals surface area contributed by atoms with E-state index in [9.17, 15) is 13.6 Å². The van der Waals surface area contributed by atoms with Gasteiger partial charge in [-0.25, -0.2) is 13.6 Å². The van der Waals surface area contributed by atoms with Crippen LogP contribution >= 0.6 is 15.9 Å². The number of halogens is 3. The van der Waals surface area contributed by atoms with Gasteiger partial charge in [-0.3, -0.25) is 0 Å². The van der Waals surface area contributed by atoms with Crippen molar-refractivity contribution in [2.24, 2.45) is 0 Å². The summed E-state index contributed by atoms with van der Waals surface area (Å²) < 4.78 is 26.5. The molecule has 1 aromatic carbocycles. The Kier molecular flexibility index (Phi) is 5.27. The molecular formula is C12H12BrF2NO2. The maximum atomic E-state index is 13.4. The number of carboxylic acids is 1. The van der Waals surface area contributed by atoms with Crippen LogP contribution in [-0.4, -0.2) is 17.6 Å². The lowest BCUT2D eigenvalue weighted by molar-refractivity contribution is -0.132. The lowest BCUT2D eigenvalue weighted by Crippen LogP contribution is -2.06. The molecule has 3 nitrogen and oxygen atoms in total. The highest BCUT2D eigenvalue weighted by atomic mass is 79.9. The van der Waals surface area contributed by atoms with Crippen molar-refractivity contribution in [3.05, 3.63) is 39.9 Å². The number of anilines is 1. The lowest BCUT2D eigenvalue weighted by atomic mass is 10.2. The SMILES string of the molecule is CCC(=CCNc1c(F)cc(F)cc1Br)C(=O)O. The Morgan fingerprint density at radius 1 is 1.50 bits per heavy atom. The minimum Gasteiger partial charge on any atom is -0.478 e. The van der Waals surface area contributed by atoms with E-state index in [1.807, 2.05) is 0 Å². The number of hydrogen-bond donors (Lipinski definition) is 2. The van der Waals surface area contributed by atoms with Crippen molar-refractivity contribution in [3.8, 4) is 0 Å². The van der Waals surface area contributed by atoms with Crippen LogP contribution in [0.1, 0.15) is 13.3 Å². The van der Waals surface area contributed by atoms with E-state index < -0.39 is 17.6 Å². The second-order valence-corrected chi connectivity index (χ2v) is 4.37. The summed E-state index contributed by atoms with van der Waals surface area (Å²) in [6, 6.07) is 1.89. The number of aliphatic carboxylic acids is 1. The summed E-state index contributed by atoms with van der Waals surface area (Å²) in [5.41, 5.74) is 0.342. The minimum atomic E-state index is -1.00. The monoisotopic (exact) mass is 319 g/mol. The van der Waals surface area contributed by atoms with E-state index in [4.69, 9.17) is 5.11 Å². The predicted molar refractivity (Wildman–Crippen MR) is 68.6 cm³/mol. The van der Waals surface area contributed by atoms with E-state index in [-0.39, 0.29) is 22.3 Å². The molecule has 0 fully saturated rings. The molecule has 0 unspecified atom stereocenters. The van der Waals surface area contributed by atoms with Crippen molar-refractivity contribution < 1.29 is 18.7 Å². The molecule has 18 heavy (non-hydrogen) atoms. The summed E-state index contributed by atoms with van der Waals surface area (Å²) in [6.45, 7) is 1.87. The second kappa shape index (κ2) is 6.49. The van der Waals surface area contributed by atoms with Gasteiger partial charge in [0.05, 0.1) is 5.69 Å². The molecule has 0 saturated heterocycles. The quantitative estimate of drug-likeness (QED) is 0.816. The highest BCUT2D eigenvalue weighted by Gasteiger charge is 2.09. The average molecular weight is 320 g/mol. The summed E-state index contributed by atoms with van der Waals surface area (Å²) >= 11 is 3.03. The van der Waals surface area contributed by atoms with Crippen LogP contribution in [0.3, 0.4) is 0 Å². The zero-order valence-corrected chi connectivity index (χ0v) is 11.2. The topological polar surface area (TPSA) is 49.3 Å². The van der Waals surface area contributed by atoms with Crippen LogP contribution in [0.15, 0.2) is 28.3 Å². The normalized spacial score (nSPS) is 11.4. The summed E-state index contributed by atoms with van der Waals surface area (Å²) in [5, 5.41) is 11.5. The lowest BCUT2D eigenvalue weighted by Gasteiger charge is -2.08. The van der Waals surface area contributed by atoms with Crippen LogP contribution in [0.5, 0.6) is 0 Å². The molecule has 0 spiro atoms. The van der Waals surface area contributed by atoms with E-state index in [0.717, 1.165) is 12.1 Å². The maximum Gasteiger partial charge on any atom is 0.331 e. The van der Waals surface area contributed by atoms with Crippen LogP contribution in [-0.2, 0) is 4.79 Å². The van der Waals surface area contributed by atoms with Crippen molar-refractivity contribution in [2.75, 3.05) is 11.9 Å². The first kappa shape index (κ1) is 14.6. The van der Waals surface area contributed by atoms with E-state index >= 15 is 0 Å². The largest absolute Gasteiger partial charge is 0.478 e. The Labute approximate surface area is 112 Å². The smallest absolute Gasteiger partial charge is 0.331 e. The fourth-order valence-corrected chi connectivity index (χ4v) is 1.92. The number of hydrogen-bond acceptors (Lipinski definition) is 2. The highest BCUT2D eigenvalue weighted by Crippen LogP contribution is 2.26. The van der Waals surface area contributed by atoms with Gasteiger partial charge in [0.2, 0.25) is 0 Å². The third-order valence-corrected chi connectivity index (χ3v) is 2.92. The molecule has 1 aromatic rings. The summed E-state index contributed by atoms with van der Waals surface area (Å²) in [4.78, 5) is 10.7. The molecule has 0 aliphatic heterocycles. The van der Waals surface area contributed by atoms with Crippen molar-refractivity contribution >= 4 is 27.6 Å². The molecule has 0 heterocycles. The van der Waals surface area contributed by atoms with Crippen molar-refractivity contribution in [1.82, 2.24) is 0 Å². The summed E-state index contributed by atoms with van der Waals surface area (Å²) in [6.07, 6.45) is 1.83. The average Bonchev–Trinajstić information content (AvgIpc) is 2.26. The van der Waals surface area contributed by atoms with Gasteiger partial charge in [0, 0.05) is 22.7 Å². The molecule has 1 rings (SSSR count). The summed E-state index contributed by atoms with van der Waals surface area (Å²) in [5.74, 6) is -2.41. The van der Waals surface area contributed by atoms with E-state index in [0.29, 0.717) is 6.42 Å². The fraction of sp³-hybridized carbons (Fsp3) is 0.250. The van der Waals surface area contributed by atoms with Crippen LogP contribution in [0.2, 0.25) is 0 Å². The van der Waals surface area contributed by atoms with Crippen molar-refractivity contribution in [3.63, 3.8) is 0 Å². The van der Waals surface area contributed by atoms with Gasteiger partial charge < -0.3 is 10.4 Å². The van der Waals surface area contributed by atoms with Gasteiger partial charge in [-0.1, -0.05) is 13.0 Å². The van der Waals surface area contributed by atoms with Gasteiger partial charge in [-0.15, -0.1) is 0 Å². The second-order valence-electron chi connectivity index (χ2n) is 3.51. The predicted octanol–water partition coefficient (Wildman–Crippen LogP) is 3.56. The molecular weight excluding hydrogens is 308 g/mol. The van der Waals surface area contributed by atoms with Crippen LogP contribution in [0.25, 0.3) is 0 Å². The van der Waals surface area contributed by atoms with Crippen LogP contribution < -0.4 is 5.32 Å². The molecule has 2 N–H and O–H groups in total. The Bertz CT molecular complexity index is 466. The van der Waals surface area contributed by atoms with E-state index in [1.54, 1.807) is 6.92 Å². The summed E-state index contributed by atoms with van der Waals surface area (Å²) in [7, 11) is 0. The third-order valence-electron chi connectivity index (χ3n) is 2.29. The zero-order valence-electron chi connectivity index (χ0n) is 9.64. The van der Waals surface area contributed by atoms with Gasteiger partial charge in [0.25, 0.3) is 0 Å². The number of nitrogens with one attached hydrogen (secondary N) is 1. The van der Waals surface area contributed by atoms with Crippen LogP contribution in [0, 0.1) is 11.6 Å². The van der Waals surface area contributed by atoms with Gasteiger partial charge >= 0.3 is 5.97 Å². The zero-order chi connectivity index (χ0) is 13.7. The standard InChI is InChI=1S/C12H12BrF2NO2/c1-2-7(12(17)18)3-4-16-11-9(13)5-8(14)6-10(11)15/h3,5-6,16H,2,4H2,1H3,(H,17,18). The molecule has 0 saturated carbocycles. The number of rotatable bonds is 5. The molecule has 0 aliphatic carbocycles. The third kappa shape index (κ3) is 3.80. The van der Waals surface area contributed by atoms with Gasteiger partial charge in [0.1, 0.15) is 11.6 Å². The Balaban J connectivity index is 2.78. The molecule has 98 valence electrons. The van der Waals surface area contributed by atoms with Crippen molar-refractivity contribution in [2.45, 2.75) is 13.3 Å². The molecule has 0 radical (unpaired) electrons. The Morgan fingerprint density at radius 3 is 2.67 bits per heavy atom. The maximum absolute atomic E-state index is 13.4. The highest BCUT2D eigenvalue weighted by molar-refractivity contribution is 9.10. The molecule has 6 heteroatoms. The van der Waals surface area contributed by atoms with Crippen LogP contribution in [0.4, 0.5) is 14.5 Å². The molecule has 0 amide bonds. The fourth-order valence-electron chi connectivity index (χ4n) is 1.37. The first-order chi connectivity index (χ1) is 8.45. The number of carboxylic acid groups (broad SMARTS) is 1. The van der Waals surface area contributed by atoms with E-state index in [2.05, 4.69) is 21.2 Å². The first-order valence-electron chi connectivity index (χ1n) is 5.26. The Morgan fingerprint density at radius 2 is 2.17 bits per heavy atom. The molecule has 0 atom stereocenters.